The number of nitrogens with two attached hydrogens (primary N) is 2. The summed E-state index contributed by atoms with van der Waals surface area (Å²) in [5, 5.41) is 7.12. The van der Waals surface area contributed by atoms with E-state index in [-0.39, 0.29) is 37.3 Å². The van der Waals surface area contributed by atoms with Gasteiger partial charge in [0.05, 0.1) is 11.3 Å². The minimum Gasteiger partial charge on any atom is -0.489 e. The van der Waals surface area contributed by atoms with Gasteiger partial charge >= 0.3 is 0 Å². The highest BCUT2D eigenvalue weighted by molar-refractivity contribution is 6.07. The summed E-state index contributed by atoms with van der Waals surface area (Å²) in [7, 11) is 1.53. The first-order chi connectivity index (χ1) is 17.1. The number of hydrogen-bond acceptors (Lipinski definition) is 8. The van der Waals surface area contributed by atoms with E-state index in [0.717, 1.165) is 39.4 Å². The molecule has 38 heavy (non-hydrogen) atoms. The maximum absolute atomic E-state index is 12.4. The number of nitrogen functional groups attached to an aromatic ring is 2. The molecule has 1 unspecified atom stereocenters. The number of amides is 1. The van der Waals surface area contributed by atoms with Crippen molar-refractivity contribution in [3.63, 3.8) is 0 Å². The summed E-state index contributed by atoms with van der Waals surface area (Å²) < 4.78 is 12.6. The van der Waals surface area contributed by atoms with Crippen LogP contribution in [-0.4, -0.2) is 35.9 Å². The fraction of sp³-hybridized carbons (Fsp3) is 0.296. The number of halogens is 2. The number of aromatic nitrogens is 1. The van der Waals surface area contributed by atoms with E-state index in [4.69, 9.17) is 25.8 Å². The van der Waals surface area contributed by atoms with Crippen LogP contribution < -0.4 is 26.3 Å². The molecule has 1 atom stereocenters. The van der Waals surface area contributed by atoms with Crippen molar-refractivity contribution in [2.75, 3.05) is 30.5 Å². The molecule has 0 radical (unpaired) electrons. The van der Waals surface area contributed by atoms with E-state index in [1.807, 2.05) is 27.7 Å². The molecule has 2 aromatic carbocycles. The molecule has 0 saturated carbocycles. The van der Waals surface area contributed by atoms with Crippen LogP contribution in [0.1, 0.15) is 46.0 Å². The van der Waals surface area contributed by atoms with Crippen LogP contribution in [0.25, 0.3) is 0 Å². The Balaban J connectivity index is 0.00000253. The van der Waals surface area contributed by atoms with Crippen LogP contribution in [0.15, 0.2) is 47.8 Å². The lowest BCUT2D eigenvalue weighted by Crippen LogP contribution is -2.45. The lowest BCUT2D eigenvalue weighted by atomic mass is 9.85. The van der Waals surface area contributed by atoms with Gasteiger partial charge < -0.3 is 31.1 Å². The van der Waals surface area contributed by atoms with Crippen LogP contribution in [0.3, 0.4) is 0 Å². The fourth-order valence-corrected chi connectivity index (χ4v) is 4.23. The van der Waals surface area contributed by atoms with Crippen LogP contribution in [0.2, 0.25) is 0 Å². The third-order valence-corrected chi connectivity index (χ3v) is 6.40. The van der Waals surface area contributed by atoms with Gasteiger partial charge in [0.1, 0.15) is 36.6 Å². The molecule has 0 spiro atoms. The lowest BCUT2D eigenvalue weighted by Gasteiger charge is -2.38. The van der Waals surface area contributed by atoms with Crippen molar-refractivity contribution in [1.29, 1.82) is 0 Å². The number of nitrogens with zero attached hydrogens (tertiary/aromatic N) is 2. The van der Waals surface area contributed by atoms with Crippen LogP contribution >= 0.6 is 24.8 Å². The number of anilines is 3. The second-order valence-electron chi connectivity index (χ2n) is 9.18. The average molecular weight is 562 g/mol. The lowest BCUT2D eigenvalue weighted by molar-refractivity contribution is 0.0353. The van der Waals surface area contributed by atoms with Gasteiger partial charge in [0, 0.05) is 29.6 Å². The number of rotatable bonds is 6. The van der Waals surface area contributed by atoms with Gasteiger partial charge in [0.25, 0.3) is 5.91 Å². The zero-order valence-corrected chi connectivity index (χ0v) is 23.6. The summed E-state index contributed by atoms with van der Waals surface area (Å²) in [5.74, 6) is 1.48. The van der Waals surface area contributed by atoms with Gasteiger partial charge in [-0.1, -0.05) is 5.16 Å². The number of carbonyl (C=O) groups excluding carboxylic acids is 1. The summed E-state index contributed by atoms with van der Waals surface area (Å²) >= 11 is 0. The third kappa shape index (κ3) is 6.23. The first kappa shape index (κ1) is 30.5. The summed E-state index contributed by atoms with van der Waals surface area (Å²) in [5.41, 5.74) is 17.6. The molecule has 0 fully saturated rings. The van der Waals surface area contributed by atoms with E-state index in [2.05, 4.69) is 15.5 Å². The molecule has 11 heteroatoms. The van der Waals surface area contributed by atoms with Crippen LogP contribution in [0.4, 0.5) is 17.2 Å². The Hall–Kier alpha value is -3.69. The molecule has 2 heterocycles. The first-order valence-electron chi connectivity index (χ1n) is 11.6. The molecule has 1 aromatic heterocycles. The van der Waals surface area contributed by atoms with E-state index < -0.39 is 5.60 Å². The average Bonchev–Trinajstić information content (AvgIpc) is 2.86. The molecule has 1 amide bonds. The normalized spacial score (nSPS) is 16.8. The molecular weight excluding hydrogens is 529 g/mol. The Morgan fingerprint density at radius 3 is 2.37 bits per heavy atom. The smallest absolute Gasteiger partial charge is 0.257 e. The van der Waals surface area contributed by atoms with E-state index >= 15 is 0 Å². The fourth-order valence-electron chi connectivity index (χ4n) is 4.23. The standard InChI is InChI=1S/C27H31N5O4.2ClH/c1-15-16(2)25-23(17(3)24(15)29)21(32-34-5)12-27(4,36-25)14-35-20-9-7-19(8-10-20)31-26(33)18-6-11-22(28)30-13-18;;/h6-11,13H,12,14,29H2,1-5H3,(H2,28,30)(H,31,33);2*1H/b32-21+;;. The number of benzene rings is 2. The van der Waals surface area contributed by atoms with E-state index in [0.29, 0.717) is 29.2 Å². The number of nitrogens with one attached hydrogen (secondary N) is 1. The van der Waals surface area contributed by atoms with Crippen LogP contribution in [0.5, 0.6) is 11.5 Å². The molecule has 1 aliphatic heterocycles. The van der Waals surface area contributed by atoms with Crippen molar-refractivity contribution in [2.24, 2.45) is 5.16 Å². The highest BCUT2D eigenvalue weighted by Gasteiger charge is 2.39. The quantitative estimate of drug-likeness (QED) is 0.276. The number of oxime groups is 1. The Morgan fingerprint density at radius 1 is 1.08 bits per heavy atom. The van der Waals surface area contributed by atoms with E-state index in [1.165, 1.54) is 13.3 Å². The van der Waals surface area contributed by atoms with Gasteiger partial charge in [-0.25, -0.2) is 4.98 Å². The van der Waals surface area contributed by atoms with Gasteiger partial charge in [-0.2, -0.15) is 0 Å². The monoisotopic (exact) mass is 561 g/mol. The van der Waals surface area contributed by atoms with Gasteiger partial charge in [-0.15, -0.1) is 24.8 Å². The molecular formula is C27H33Cl2N5O4. The minimum absolute atomic E-state index is 0. The number of pyridine rings is 1. The zero-order chi connectivity index (χ0) is 26.0. The topological polar surface area (TPSA) is 134 Å². The first-order valence-corrected chi connectivity index (χ1v) is 11.6. The highest BCUT2D eigenvalue weighted by atomic mass is 35.5. The predicted octanol–water partition coefficient (Wildman–Crippen LogP) is 5.24. The van der Waals surface area contributed by atoms with Crippen molar-refractivity contribution < 1.29 is 19.1 Å². The second kappa shape index (κ2) is 12.2. The minimum atomic E-state index is -0.681. The zero-order valence-electron chi connectivity index (χ0n) is 22.0. The number of ether oxygens (including phenoxy) is 2. The molecule has 204 valence electrons. The largest absolute Gasteiger partial charge is 0.489 e. The molecule has 0 aliphatic carbocycles. The van der Waals surface area contributed by atoms with Crippen LogP contribution in [-0.2, 0) is 4.84 Å². The van der Waals surface area contributed by atoms with Gasteiger partial charge in [-0.3, -0.25) is 4.79 Å². The van der Waals surface area contributed by atoms with Crippen molar-refractivity contribution in [3.8, 4) is 11.5 Å². The van der Waals surface area contributed by atoms with E-state index in [1.54, 1.807) is 36.4 Å². The highest BCUT2D eigenvalue weighted by Crippen LogP contribution is 2.42. The second-order valence-corrected chi connectivity index (χ2v) is 9.18. The Morgan fingerprint density at radius 2 is 1.76 bits per heavy atom. The number of fused-ring (bicyclic) bond motifs is 1. The van der Waals surface area contributed by atoms with Crippen molar-refractivity contribution in [1.82, 2.24) is 4.98 Å². The SMILES string of the molecule is CO/N=C1\CC(C)(COc2ccc(NC(=O)c3ccc(N)nc3)cc2)Oc2c(C)c(C)c(N)c(C)c21.Cl.Cl. The van der Waals surface area contributed by atoms with Gasteiger partial charge in [0.15, 0.2) is 0 Å². The Labute approximate surface area is 234 Å². The summed E-state index contributed by atoms with van der Waals surface area (Å²) in [6, 6.07) is 10.3. The molecule has 9 nitrogen and oxygen atoms in total. The van der Waals surface area contributed by atoms with Crippen molar-refractivity contribution in [2.45, 2.75) is 39.7 Å². The Kier molecular flexibility index (Phi) is 9.83. The van der Waals surface area contributed by atoms with Gasteiger partial charge in [0.2, 0.25) is 0 Å². The third-order valence-electron chi connectivity index (χ3n) is 6.40. The maximum Gasteiger partial charge on any atom is 0.257 e. The molecule has 0 bridgehead atoms. The number of hydrogen-bond donors (Lipinski definition) is 3. The number of carbonyl (C=O) groups is 1. The summed E-state index contributed by atoms with van der Waals surface area (Å²) in [4.78, 5) is 21.5. The van der Waals surface area contributed by atoms with Gasteiger partial charge in [-0.05, 0) is 80.8 Å². The molecule has 5 N–H and O–H groups in total. The predicted molar refractivity (Wildman–Crippen MR) is 155 cm³/mol. The molecule has 3 aromatic rings. The summed E-state index contributed by atoms with van der Waals surface area (Å²) in [6.45, 7) is 8.21. The maximum atomic E-state index is 12.4. The molecule has 1 aliphatic rings. The summed E-state index contributed by atoms with van der Waals surface area (Å²) in [6.07, 6.45) is 1.92. The molecule has 0 saturated heterocycles. The van der Waals surface area contributed by atoms with Crippen molar-refractivity contribution >= 4 is 53.6 Å². The molecule has 4 rings (SSSR count). The van der Waals surface area contributed by atoms with Crippen LogP contribution in [0, 0.1) is 20.8 Å². The van der Waals surface area contributed by atoms with E-state index in [9.17, 15) is 4.79 Å². The Bertz CT molecular complexity index is 1330. The van der Waals surface area contributed by atoms with Crippen molar-refractivity contribution in [3.05, 3.63) is 70.4 Å².